The smallest absolute Gasteiger partial charge is 0.126 e. The average molecular weight is 243 g/mol. The molecule has 0 aliphatic carbocycles. The molecule has 0 aliphatic rings. The van der Waals surface area contributed by atoms with Crippen molar-refractivity contribution in [2.75, 3.05) is 13.2 Å². The minimum absolute atomic E-state index is 0.175. The first-order valence-corrected chi connectivity index (χ1v) is 5.92. The molecule has 0 heterocycles. The van der Waals surface area contributed by atoms with E-state index >= 15 is 0 Å². The van der Waals surface area contributed by atoms with Gasteiger partial charge in [0.15, 0.2) is 0 Å². The maximum atomic E-state index is 12.9. The van der Waals surface area contributed by atoms with Gasteiger partial charge in [-0.2, -0.15) is 0 Å². The Labute approximate surface area is 101 Å². The van der Waals surface area contributed by atoms with Crippen molar-refractivity contribution in [1.29, 1.82) is 0 Å². The van der Waals surface area contributed by atoms with E-state index < -0.39 is 11.6 Å². The Kier molecular flexibility index (Phi) is 6.08. The van der Waals surface area contributed by atoms with E-state index in [0.29, 0.717) is 18.0 Å². The number of hydrogen-bond donors (Lipinski definition) is 2. The van der Waals surface area contributed by atoms with Crippen LogP contribution in [-0.2, 0) is 6.54 Å². The van der Waals surface area contributed by atoms with Crippen LogP contribution in [0.15, 0.2) is 18.2 Å². The van der Waals surface area contributed by atoms with Gasteiger partial charge in [-0.3, -0.25) is 0 Å². The lowest BCUT2D eigenvalue weighted by molar-refractivity contribution is 0.251. The maximum absolute atomic E-state index is 12.9. The van der Waals surface area contributed by atoms with E-state index in [-0.39, 0.29) is 6.61 Å². The van der Waals surface area contributed by atoms with Crippen LogP contribution in [0.4, 0.5) is 8.78 Å². The van der Waals surface area contributed by atoms with Gasteiger partial charge >= 0.3 is 0 Å². The van der Waals surface area contributed by atoms with E-state index in [1.54, 1.807) is 0 Å². The Morgan fingerprint density at radius 3 is 2.41 bits per heavy atom. The molecule has 0 aromatic heterocycles. The summed E-state index contributed by atoms with van der Waals surface area (Å²) in [6.07, 6.45) is 1.73. The zero-order valence-electron chi connectivity index (χ0n) is 10.0. The van der Waals surface area contributed by atoms with E-state index in [1.807, 2.05) is 0 Å². The van der Waals surface area contributed by atoms with Crippen molar-refractivity contribution in [3.63, 3.8) is 0 Å². The lowest BCUT2D eigenvalue weighted by Crippen LogP contribution is -2.23. The van der Waals surface area contributed by atoms with E-state index in [4.69, 9.17) is 5.11 Å². The van der Waals surface area contributed by atoms with Crippen molar-refractivity contribution in [3.05, 3.63) is 35.4 Å². The normalized spacial score (nSPS) is 12.7. The summed E-state index contributed by atoms with van der Waals surface area (Å²) >= 11 is 0. The molecule has 0 saturated heterocycles. The molecule has 0 saturated carbocycles. The quantitative estimate of drug-likeness (QED) is 0.771. The first kappa shape index (κ1) is 14.1. The Bertz CT molecular complexity index is 324. The molecule has 0 spiro atoms. The zero-order valence-corrected chi connectivity index (χ0v) is 10.0. The topological polar surface area (TPSA) is 32.3 Å². The largest absolute Gasteiger partial charge is 0.396 e. The molecule has 1 atom stereocenters. The number of nitrogens with one attached hydrogen (secondary N) is 1. The van der Waals surface area contributed by atoms with Gasteiger partial charge in [0.1, 0.15) is 11.6 Å². The van der Waals surface area contributed by atoms with Crippen molar-refractivity contribution >= 4 is 0 Å². The summed E-state index contributed by atoms with van der Waals surface area (Å²) in [7, 11) is 0. The van der Waals surface area contributed by atoms with Crippen molar-refractivity contribution < 1.29 is 13.9 Å². The van der Waals surface area contributed by atoms with Crippen LogP contribution in [0.5, 0.6) is 0 Å². The molecule has 96 valence electrons. The van der Waals surface area contributed by atoms with Crippen LogP contribution in [0, 0.1) is 17.6 Å². The SMILES string of the molecule is CCC(CCO)CNCc1cc(F)cc(F)c1. The molecule has 0 amide bonds. The van der Waals surface area contributed by atoms with Crippen molar-refractivity contribution in [1.82, 2.24) is 5.32 Å². The van der Waals surface area contributed by atoms with Crippen molar-refractivity contribution in [2.45, 2.75) is 26.3 Å². The number of rotatable bonds is 7. The second-order valence-electron chi connectivity index (χ2n) is 4.20. The summed E-state index contributed by atoms with van der Waals surface area (Å²) in [6, 6.07) is 3.51. The maximum Gasteiger partial charge on any atom is 0.126 e. The van der Waals surface area contributed by atoms with Crippen LogP contribution >= 0.6 is 0 Å². The van der Waals surface area contributed by atoms with Gasteiger partial charge < -0.3 is 10.4 Å². The number of aliphatic hydroxyl groups excluding tert-OH is 1. The van der Waals surface area contributed by atoms with E-state index in [2.05, 4.69) is 12.2 Å². The molecule has 1 aromatic rings. The molecular formula is C13H19F2NO. The highest BCUT2D eigenvalue weighted by Crippen LogP contribution is 2.09. The minimum Gasteiger partial charge on any atom is -0.396 e. The van der Waals surface area contributed by atoms with Gasteiger partial charge in [0.25, 0.3) is 0 Å². The average Bonchev–Trinajstić information content (AvgIpc) is 2.26. The predicted molar refractivity (Wildman–Crippen MR) is 63.5 cm³/mol. The van der Waals surface area contributed by atoms with E-state index in [1.165, 1.54) is 12.1 Å². The van der Waals surface area contributed by atoms with Crippen LogP contribution in [0.3, 0.4) is 0 Å². The molecule has 2 N–H and O–H groups in total. The number of aliphatic hydroxyl groups is 1. The van der Waals surface area contributed by atoms with Crippen LogP contribution in [0.25, 0.3) is 0 Å². The minimum atomic E-state index is -0.552. The van der Waals surface area contributed by atoms with Gasteiger partial charge in [-0.05, 0) is 36.6 Å². The lowest BCUT2D eigenvalue weighted by Gasteiger charge is -2.14. The van der Waals surface area contributed by atoms with Gasteiger partial charge in [-0.25, -0.2) is 8.78 Å². The Hall–Kier alpha value is -1.00. The third kappa shape index (κ3) is 5.24. The van der Waals surface area contributed by atoms with Gasteiger partial charge in [0.2, 0.25) is 0 Å². The third-order valence-corrected chi connectivity index (χ3v) is 2.80. The summed E-state index contributed by atoms with van der Waals surface area (Å²) in [5.74, 6) is -0.702. The Balaban J connectivity index is 2.39. The fourth-order valence-corrected chi connectivity index (χ4v) is 1.77. The fourth-order valence-electron chi connectivity index (χ4n) is 1.77. The second-order valence-corrected chi connectivity index (χ2v) is 4.20. The molecule has 1 unspecified atom stereocenters. The van der Waals surface area contributed by atoms with Crippen molar-refractivity contribution in [2.24, 2.45) is 5.92 Å². The highest BCUT2D eigenvalue weighted by molar-refractivity contribution is 5.17. The summed E-state index contributed by atoms with van der Waals surface area (Å²) in [5.41, 5.74) is 0.598. The summed E-state index contributed by atoms with van der Waals surface area (Å²) in [5, 5.41) is 12.0. The van der Waals surface area contributed by atoms with Crippen molar-refractivity contribution in [3.8, 4) is 0 Å². The van der Waals surface area contributed by atoms with Crippen LogP contribution in [0.2, 0.25) is 0 Å². The molecule has 0 radical (unpaired) electrons. The number of hydrogen-bond acceptors (Lipinski definition) is 2. The highest BCUT2D eigenvalue weighted by Gasteiger charge is 2.05. The molecule has 1 aromatic carbocycles. The fraction of sp³-hybridized carbons (Fsp3) is 0.538. The standard InChI is InChI=1S/C13H19F2NO/c1-2-10(3-4-17)8-16-9-11-5-12(14)7-13(15)6-11/h5-7,10,16-17H,2-4,8-9H2,1H3. The molecule has 1 rings (SSSR count). The van der Waals surface area contributed by atoms with Gasteiger partial charge in [-0.15, -0.1) is 0 Å². The molecule has 0 fully saturated rings. The highest BCUT2D eigenvalue weighted by atomic mass is 19.1. The summed E-state index contributed by atoms with van der Waals surface area (Å²) in [4.78, 5) is 0. The monoisotopic (exact) mass is 243 g/mol. The van der Waals surface area contributed by atoms with Gasteiger partial charge in [0, 0.05) is 19.2 Å². The van der Waals surface area contributed by atoms with Gasteiger partial charge in [0.05, 0.1) is 0 Å². The van der Waals surface area contributed by atoms with Crippen LogP contribution in [0.1, 0.15) is 25.3 Å². The first-order valence-electron chi connectivity index (χ1n) is 5.92. The molecule has 0 aliphatic heterocycles. The summed E-state index contributed by atoms with van der Waals surface area (Å²) < 4.78 is 25.8. The molecule has 0 bridgehead atoms. The Morgan fingerprint density at radius 1 is 1.24 bits per heavy atom. The van der Waals surface area contributed by atoms with Crippen LogP contribution < -0.4 is 5.32 Å². The lowest BCUT2D eigenvalue weighted by atomic mass is 10.0. The molecule has 2 nitrogen and oxygen atoms in total. The second kappa shape index (κ2) is 7.35. The molecule has 4 heteroatoms. The summed E-state index contributed by atoms with van der Waals surface area (Å²) in [6.45, 7) is 3.42. The Morgan fingerprint density at radius 2 is 1.88 bits per heavy atom. The first-order chi connectivity index (χ1) is 8.15. The third-order valence-electron chi connectivity index (χ3n) is 2.80. The van der Waals surface area contributed by atoms with E-state index in [0.717, 1.165) is 25.5 Å². The van der Waals surface area contributed by atoms with Gasteiger partial charge in [-0.1, -0.05) is 13.3 Å². The van der Waals surface area contributed by atoms with Crippen LogP contribution in [-0.4, -0.2) is 18.3 Å². The zero-order chi connectivity index (χ0) is 12.7. The predicted octanol–water partition coefficient (Wildman–Crippen LogP) is 2.46. The number of halogens is 2. The number of benzene rings is 1. The van der Waals surface area contributed by atoms with E-state index in [9.17, 15) is 8.78 Å². The molecule has 17 heavy (non-hydrogen) atoms. The molecular weight excluding hydrogens is 224 g/mol.